The summed E-state index contributed by atoms with van der Waals surface area (Å²) in [6, 6.07) is 5.71. The normalized spacial score (nSPS) is 24.6. The lowest BCUT2D eigenvalue weighted by Gasteiger charge is -2.47. The first kappa shape index (κ1) is 14.2. The van der Waals surface area contributed by atoms with Crippen molar-refractivity contribution < 1.29 is 19.0 Å². The summed E-state index contributed by atoms with van der Waals surface area (Å²) in [4.78, 5) is 14.4. The van der Waals surface area contributed by atoms with Crippen molar-refractivity contribution in [2.24, 2.45) is 0 Å². The Morgan fingerprint density at radius 2 is 2.23 bits per heavy atom. The molecule has 4 rings (SSSR count). The third-order valence-electron chi connectivity index (χ3n) is 4.61. The summed E-state index contributed by atoms with van der Waals surface area (Å²) in [5, 5.41) is 0. The fourth-order valence-corrected chi connectivity index (χ4v) is 4.93. The number of fused-ring (bicyclic) bond motifs is 1. The molecule has 0 aliphatic carbocycles. The van der Waals surface area contributed by atoms with Crippen LogP contribution in [0.4, 0.5) is 0 Å². The molecule has 3 aliphatic heterocycles. The van der Waals surface area contributed by atoms with E-state index < -0.39 is 0 Å². The van der Waals surface area contributed by atoms with Crippen LogP contribution in [0.1, 0.15) is 12.0 Å². The van der Waals surface area contributed by atoms with E-state index in [1.165, 1.54) is 0 Å². The number of methoxy groups -OCH3 is 1. The maximum Gasteiger partial charge on any atom is 0.231 e. The predicted molar refractivity (Wildman–Crippen MR) is 83.5 cm³/mol. The lowest BCUT2D eigenvalue weighted by atomic mass is 9.92. The number of benzene rings is 1. The summed E-state index contributed by atoms with van der Waals surface area (Å²) in [5.74, 6) is 2.72. The number of thioether (sulfide) groups is 1. The van der Waals surface area contributed by atoms with Gasteiger partial charge in [-0.25, -0.2) is 0 Å². The second-order valence-corrected chi connectivity index (χ2v) is 7.66. The van der Waals surface area contributed by atoms with Crippen molar-refractivity contribution in [3.63, 3.8) is 0 Å². The molecule has 3 heterocycles. The average molecular weight is 321 g/mol. The molecule has 0 saturated carbocycles. The van der Waals surface area contributed by atoms with Gasteiger partial charge in [0.25, 0.3) is 0 Å². The average Bonchev–Trinajstić information content (AvgIpc) is 3.11. The standard InChI is InChI=1S/C16H19NO4S/c1-19-12-6-16(22-7-12)8-17(9-16)15(18)5-11-2-3-13-14(4-11)21-10-20-13/h2-4,12H,5-10H2,1H3/t12-/m1/s1. The van der Waals surface area contributed by atoms with Crippen molar-refractivity contribution in [2.75, 3.05) is 32.7 Å². The minimum atomic E-state index is 0.186. The molecule has 22 heavy (non-hydrogen) atoms. The molecule has 0 bridgehead atoms. The van der Waals surface area contributed by atoms with Gasteiger partial charge in [0.1, 0.15) is 0 Å². The smallest absolute Gasteiger partial charge is 0.231 e. The fourth-order valence-electron chi connectivity index (χ4n) is 3.34. The van der Waals surface area contributed by atoms with Gasteiger partial charge in [-0.2, -0.15) is 0 Å². The van der Waals surface area contributed by atoms with E-state index in [1.54, 1.807) is 7.11 Å². The van der Waals surface area contributed by atoms with E-state index in [9.17, 15) is 4.79 Å². The van der Waals surface area contributed by atoms with Crippen molar-refractivity contribution >= 4 is 17.7 Å². The highest BCUT2D eigenvalue weighted by Gasteiger charge is 2.50. The number of ether oxygens (including phenoxy) is 3. The summed E-state index contributed by atoms with van der Waals surface area (Å²) >= 11 is 1.95. The summed E-state index contributed by atoms with van der Waals surface area (Å²) in [6.07, 6.45) is 1.82. The van der Waals surface area contributed by atoms with E-state index in [0.29, 0.717) is 12.5 Å². The van der Waals surface area contributed by atoms with Gasteiger partial charge in [0.2, 0.25) is 12.7 Å². The Balaban J connectivity index is 1.34. The van der Waals surface area contributed by atoms with Crippen molar-refractivity contribution in [3.8, 4) is 11.5 Å². The summed E-state index contributed by atoms with van der Waals surface area (Å²) in [7, 11) is 1.77. The van der Waals surface area contributed by atoms with Crippen LogP contribution in [-0.4, -0.2) is 54.4 Å². The van der Waals surface area contributed by atoms with E-state index in [-0.39, 0.29) is 17.4 Å². The quantitative estimate of drug-likeness (QED) is 0.848. The maximum absolute atomic E-state index is 12.4. The number of carbonyl (C=O) groups is 1. The summed E-state index contributed by atoms with van der Waals surface area (Å²) < 4.78 is 16.3. The Bertz CT molecular complexity index is 600. The second-order valence-electron chi connectivity index (χ2n) is 6.17. The van der Waals surface area contributed by atoms with E-state index in [0.717, 1.165) is 42.3 Å². The largest absolute Gasteiger partial charge is 0.454 e. The van der Waals surface area contributed by atoms with Crippen molar-refractivity contribution in [1.82, 2.24) is 4.90 Å². The molecular weight excluding hydrogens is 302 g/mol. The molecule has 2 fully saturated rings. The van der Waals surface area contributed by atoms with E-state index in [1.807, 2.05) is 34.9 Å². The number of hydrogen-bond donors (Lipinski definition) is 0. The van der Waals surface area contributed by atoms with E-state index in [4.69, 9.17) is 14.2 Å². The van der Waals surface area contributed by atoms with Gasteiger partial charge in [0.05, 0.1) is 17.3 Å². The van der Waals surface area contributed by atoms with Gasteiger partial charge in [0, 0.05) is 26.0 Å². The van der Waals surface area contributed by atoms with Crippen LogP contribution >= 0.6 is 11.8 Å². The monoisotopic (exact) mass is 321 g/mol. The molecule has 3 aliphatic rings. The second kappa shape index (κ2) is 5.35. The summed E-state index contributed by atoms with van der Waals surface area (Å²) in [5.41, 5.74) is 0.976. The Morgan fingerprint density at radius 3 is 3.00 bits per heavy atom. The van der Waals surface area contributed by atoms with Crippen molar-refractivity contribution in [3.05, 3.63) is 23.8 Å². The van der Waals surface area contributed by atoms with Crippen LogP contribution in [0.2, 0.25) is 0 Å². The molecule has 1 atom stereocenters. The Morgan fingerprint density at radius 1 is 1.41 bits per heavy atom. The van der Waals surface area contributed by atoms with Gasteiger partial charge in [-0.15, -0.1) is 11.8 Å². The van der Waals surface area contributed by atoms with Crippen molar-refractivity contribution in [2.45, 2.75) is 23.7 Å². The zero-order valence-corrected chi connectivity index (χ0v) is 13.4. The van der Waals surface area contributed by atoms with Gasteiger partial charge < -0.3 is 19.1 Å². The van der Waals surface area contributed by atoms with E-state index in [2.05, 4.69) is 0 Å². The van der Waals surface area contributed by atoms with Crippen molar-refractivity contribution in [1.29, 1.82) is 0 Å². The predicted octanol–water partition coefficient (Wildman–Crippen LogP) is 1.69. The molecule has 0 radical (unpaired) electrons. The third kappa shape index (κ3) is 2.44. The lowest BCUT2D eigenvalue weighted by Crippen LogP contribution is -2.61. The molecule has 1 amide bonds. The minimum absolute atomic E-state index is 0.186. The van der Waals surface area contributed by atoms with Crippen LogP contribution in [0.15, 0.2) is 18.2 Å². The van der Waals surface area contributed by atoms with Gasteiger partial charge >= 0.3 is 0 Å². The Labute approximate surface area is 133 Å². The van der Waals surface area contributed by atoms with Crippen LogP contribution in [0.25, 0.3) is 0 Å². The topological polar surface area (TPSA) is 48.0 Å². The molecule has 2 saturated heterocycles. The number of likely N-dealkylation sites (tertiary alicyclic amines) is 1. The van der Waals surface area contributed by atoms with Crippen LogP contribution in [0, 0.1) is 0 Å². The van der Waals surface area contributed by atoms with Crippen LogP contribution in [0.5, 0.6) is 11.5 Å². The number of hydrogen-bond acceptors (Lipinski definition) is 5. The molecule has 0 unspecified atom stereocenters. The molecule has 5 nitrogen and oxygen atoms in total. The number of carbonyl (C=O) groups excluding carboxylic acids is 1. The molecular formula is C16H19NO4S. The molecule has 0 N–H and O–H groups in total. The number of nitrogens with zero attached hydrogens (tertiary/aromatic N) is 1. The van der Waals surface area contributed by atoms with Gasteiger partial charge in [-0.1, -0.05) is 6.07 Å². The Hall–Kier alpha value is -1.40. The van der Waals surface area contributed by atoms with Crippen LogP contribution in [-0.2, 0) is 16.0 Å². The molecule has 6 heteroatoms. The van der Waals surface area contributed by atoms with Gasteiger partial charge in [-0.05, 0) is 24.1 Å². The third-order valence-corrected chi connectivity index (χ3v) is 6.19. The highest BCUT2D eigenvalue weighted by Crippen LogP contribution is 2.46. The zero-order chi connectivity index (χ0) is 15.2. The van der Waals surface area contributed by atoms with Gasteiger partial charge in [-0.3, -0.25) is 4.79 Å². The Kier molecular flexibility index (Phi) is 3.46. The minimum Gasteiger partial charge on any atom is -0.454 e. The highest BCUT2D eigenvalue weighted by atomic mass is 32.2. The van der Waals surface area contributed by atoms with E-state index >= 15 is 0 Å². The lowest BCUT2D eigenvalue weighted by molar-refractivity contribution is -0.135. The first-order chi connectivity index (χ1) is 10.7. The fraction of sp³-hybridized carbons (Fsp3) is 0.562. The van der Waals surface area contributed by atoms with Crippen LogP contribution in [0.3, 0.4) is 0 Å². The molecule has 1 spiro atoms. The summed E-state index contributed by atoms with van der Waals surface area (Å²) in [6.45, 7) is 1.96. The maximum atomic E-state index is 12.4. The molecule has 0 aromatic heterocycles. The first-order valence-electron chi connectivity index (χ1n) is 7.50. The molecule has 1 aromatic carbocycles. The molecule has 1 aromatic rings. The SMILES string of the molecule is CO[C@H]1CSC2(C1)CN(C(=O)Cc1ccc3c(c1)OCO3)C2. The molecule has 118 valence electrons. The first-order valence-corrected chi connectivity index (χ1v) is 8.49. The highest BCUT2D eigenvalue weighted by molar-refractivity contribution is 8.01. The van der Waals surface area contributed by atoms with Gasteiger partial charge in [0.15, 0.2) is 11.5 Å². The zero-order valence-electron chi connectivity index (χ0n) is 12.5. The number of rotatable bonds is 3. The van der Waals surface area contributed by atoms with Crippen LogP contribution < -0.4 is 9.47 Å². The number of amides is 1.